The second-order valence-corrected chi connectivity index (χ2v) is 6.63. The first-order valence-electron chi connectivity index (χ1n) is 8.98. The van der Waals surface area contributed by atoms with Crippen molar-refractivity contribution in [3.8, 4) is 0 Å². The Morgan fingerprint density at radius 2 is 2.19 bits per heavy atom. The maximum atomic E-state index is 12.0. The third kappa shape index (κ3) is 4.51. The molecule has 26 heavy (non-hydrogen) atoms. The zero-order valence-electron chi connectivity index (χ0n) is 14.9. The molecule has 1 aliphatic carbocycles. The molecule has 0 saturated heterocycles. The highest BCUT2D eigenvalue weighted by Crippen LogP contribution is 2.25. The lowest BCUT2D eigenvalue weighted by Crippen LogP contribution is -2.56. The number of imidazole rings is 1. The molecule has 0 unspecified atom stereocenters. The van der Waals surface area contributed by atoms with E-state index in [1.165, 1.54) is 0 Å². The molecule has 0 aliphatic heterocycles. The standard InChI is InChI=1S/C18H25N5O3/c1-2-22(12-17(24)25)15-9-14(10-15)21-18(26)19-7-6-13-11-23-8-4-3-5-16(23)20-13/h3-5,8,11,14-15H,2,6-7,9-10,12H2,1H3,(H,24,25)(H2,19,21,26). The van der Waals surface area contributed by atoms with Crippen LogP contribution in [0.4, 0.5) is 4.79 Å². The minimum atomic E-state index is -0.812. The largest absolute Gasteiger partial charge is 0.480 e. The predicted octanol–water partition coefficient (Wildman–Crippen LogP) is 1.11. The number of carboxylic acids is 1. The number of hydrogen-bond donors (Lipinski definition) is 3. The number of urea groups is 1. The van der Waals surface area contributed by atoms with Gasteiger partial charge in [0.05, 0.1) is 12.2 Å². The molecule has 2 aromatic heterocycles. The number of hydrogen-bond acceptors (Lipinski definition) is 4. The summed E-state index contributed by atoms with van der Waals surface area (Å²) in [6.07, 6.45) is 6.17. The van der Waals surface area contributed by atoms with Crippen molar-refractivity contribution in [1.82, 2.24) is 24.9 Å². The summed E-state index contributed by atoms with van der Waals surface area (Å²) >= 11 is 0. The van der Waals surface area contributed by atoms with Gasteiger partial charge in [0.1, 0.15) is 5.65 Å². The van der Waals surface area contributed by atoms with Gasteiger partial charge in [-0.15, -0.1) is 0 Å². The first-order valence-corrected chi connectivity index (χ1v) is 8.98. The van der Waals surface area contributed by atoms with Gasteiger partial charge >= 0.3 is 12.0 Å². The number of nitrogens with zero attached hydrogens (tertiary/aromatic N) is 3. The van der Waals surface area contributed by atoms with Crippen LogP contribution in [0.2, 0.25) is 0 Å². The Labute approximate surface area is 152 Å². The van der Waals surface area contributed by atoms with Crippen LogP contribution < -0.4 is 10.6 Å². The Hall–Kier alpha value is -2.61. The van der Waals surface area contributed by atoms with E-state index in [2.05, 4.69) is 15.6 Å². The Bertz CT molecular complexity index is 736. The summed E-state index contributed by atoms with van der Waals surface area (Å²) in [6.45, 7) is 3.23. The second-order valence-electron chi connectivity index (χ2n) is 6.63. The van der Waals surface area contributed by atoms with E-state index in [0.29, 0.717) is 19.5 Å². The van der Waals surface area contributed by atoms with Crippen molar-refractivity contribution in [2.24, 2.45) is 0 Å². The Morgan fingerprint density at radius 1 is 1.38 bits per heavy atom. The molecule has 0 atom stereocenters. The zero-order chi connectivity index (χ0) is 18.5. The highest BCUT2D eigenvalue weighted by molar-refractivity contribution is 5.74. The van der Waals surface area contributed by atoms with E-state index in [4.69, 9.17) is 5.11 Å². The molecular weight excluding hydrogens is 334 g/mol. The van der Waals surface area contributed by atoms with Gasteiger partial charge in [0.15, 0.2) is 0 Å². The van der Waals surface area contributed by atoms with Crippen LogP contribution in [0, 0.1) is 0 Å². The molecule has 2 heterocycles. The Balaban J connectivity index is 1.35. The van der Waals surface area contributed by atoms with Crippen LogP contribution in [-0.2, 0) is 11.2 Å². The molecule has 8 heteroatoms. The monoisotopic (exact) mass is 359 g/mol. The molecule has 0 radical (unpaired) electrons. The van der Waals surface area contributed by atoms with E-state index < -0.39 is 5.97 Å². The number of nitrogens with one attached hydrogen (secondary N) is 2. The number of pyridine rings is 1. The number of carboxylic acid groups (broad SMARTS) is 1. The van der Waals surface area contributed by atoms with Crippen molar-refractivity contribution in [1.29, 1.82) is 0 Å². The van der Waals surface area contributed by atoms with Crippen LogP contribution >= 0.6 is 0 Å². The molecule has 0 aromatic carbocycles. The molecule has 0 spiro atoms. The lowest BCUT2D eigenvalue weighted by atomic mass is 9.85. The van der Waals surface area contributed by atoms with Gasteiger partial charge in [0, 0.05) is 37.4 Å². The first kappa shape index (κ1) is 18.2. The molecule has 140 valence electrons. The van der Waals surface area contributed by atoms with Crippen LogP contribution in [0.3, 0.4) is 0 Å². The van der Waals surface area contributed by atoms with Crippen molar-refractivity contribution >= 4 is 17.6 Å². The summed E-state index contributed by atoms with van der Waals surface area (Å²) in [7, 11) is 0. The number of rotatable bonds is 8. The van der Waals surface area contributed by atoms with E-state index >= 15 is 0 Å². The molecular formula is C18H25N5O3. The molecule has 2 amide bonds. The fraction of sp³-hybridized carbons (Fsp3) is 0.500. The number of fused-ring (bicyclic) bond motifs is 1. The molecule has 1 aliphatic rings. The Kier molecular flexibility index (Phi) is 5.72. The number of carbonyl (C=O) groups is 2. The van der Waals surface area contributed by atoms with Crippen molar-refractivity contribution in [3.63, 3.8) is 0 Å². The lowest BCUT2D eigenvalue weighted by Gasteiger charge is -2.42. The van der Waals surface area contributed by atoms with Crippen molar-refractivity contribution in [2.75, 3.05) is 19.6 Å². The summed E-state index contributed by atoms with van der Waals surface area (Å²) in [4.78, 5) is 29.2. The zero-order valence-corrected chi connectivity index (χ0v) is 14.9. The van der Waals surface area contributed by atoms with Gasteiger partial charge in [-0.05, 0) is 31.5 Å². The van der Waals surface area contributed by atoms with Crippen LogP contribution in [-0.4, -0.2) is 63.1 Å². The smallest absolute Gasteiger partial charge is 0.317 e. The van der Waals surface area contributed by atoms with Crippen molar-refractivity contribution < 1.29 is 14.7 Å². The molecule has 8 nitrogen and oxygen atoms in total. The average Bonchev–Trinajstić information content (AvgIpc) is 2.98. The van der Waals surface area contributed by atoms with E-state index in [1.807, 2.05) is 46.8 Å². The first-order chi connectivity index (χ1) is 12.5. The van der Waals surface area contributed by atoms with Gasteiger partial charge in [-0.25, -0.2) is 9.78 Å². The quantitative estimate of drug-likeness (QED) is 0.656. The van der Waals surface area contributed by atoms with Crippen LogP contribution in [0.1, 0.15) is 25.5 Å². The third-order valence-corrected chi connectivity index (χ3v) is 4.79. The van der Waals surface area contributed by atoms with Crippen molar-refractivity contribution in [3.05, 3.63) is 36.3 Å². The fourth-order valence-electron chi connectivity index (χ4n) is 3.32. The highest BCUT2D eigenvalue weighted by Gasteiger charge is 2.34. The molecule has 1 fully saturated rings. The third-order valence-electron chi connectivity index (χ3n) is 4.79. The van der Waals surface area contributed by atoms with Gasteiger partial charge in [-0.3, -0.25) is 9.69 Å². The van der Waals surface area contributed by atoms with E-state index in [9.17, 15) is 9.59 Å². The average molecular weight is 359 g/mol. The molecule has 0 bridgehead atoms. The number of carbonyl (C=O) groups excluding carboxylic acids is 1. The van der Waals surface area contributed by atoms with E-state index in [0.717, 1.165) is 24.2 Å². The minimum Gasteiger partial charge on any atom is -0.480 e. The van der Waals surface area contributed by atoms with E-state index in [1.54, 1.807) is 0 Å². The molecule has 1 saturated carbocycles. The SMILES string of the molecule is CCN(CC(=O)O)C1CC(NC(=O)NCCc2cn3ccccc3n2)C1. The van der Waals surface area contributed by atoms with Crippen molar-refractivity contribution in [2.45, 2.75) is 38.3 Å². The van der Waals surface area contributed by atoms with Gasteiger partial charge in [-0.1, -0.05) is 13.0 Å². The van der Waals surface area contributed by atoms with Crippen LogP contribution in [0.25, 0.3) is 5.65 Å². The number of amides is 2. The summed E-state index contributed by atoms with van der Waals surface area (Å²) in [5.74, 6) is -0.812. The number of aliphatic carboxylic acids is 1. The molecule has 3 rings (SSSR count). The maximum Gasteiger partial charge on any atom is 0.317 e. The van der Waals surface area contributed by atoms with Gasteiger partial charge in [0.2, 0.25) is 0 Å². The van der Waals surface area contributed by atoms with Gasteiger partial charge < -0.3 is 20.1 Å². The predicted molar refractivity (Wildman–Crippen MR) is 97.1 cm³/mol. The topological polar surface area (TPSA) is 99.0 Å². The summed E-state index contributed by atoms with van der Waals surface area (Å²) in [6, 6.07) is 6.00. The van der Waals surface area contributed by atoms with Crippen LogP contribution in [0.15, 0.2) is 30.6 Å². The summed E-state index contributed by atoms with van der Waals surface area (Å²) in [5, 5.41) is 14.7. The summed E-state index contributed by atoms with van der Waals surface area (Å²) < 4.78 is 1.96. The van der Waals surface area contributed by atoms with Gasteiger partial charge in [0.25, 0.3) is 0 Å². The second kappa shape index (κ2) is 8.18. The Morgan fingerprint density at radius 3 is 2.88 bits per heavy atom. The lowest BCUT2D eigenvalue weighted by molar-refractivity contribution is -0.139. The highest BCUT2D eigenvalue weighted by atomic mass is 16.4. The normalized spacial score (nSPS) is 19.3. The fourth-order valence-corrected chi connectivity index (χ4v) is 3.32. The van der Waals surface area contributed by atoms with E-state index in [-0.39, 0.29) is 24.7 Å². The molecule has 2 aromatic rings. The van der Waals surface area contributed by atoms with Gasteiger partial charge in [-0.2, -0.15) is 0 Å². The molecule has 3 N–H and O–H groups in total. The number of likely N-dealkylation sites (N-methyl/N-ethyl adjacent to an activating group) is 1. The van der Waals surface area contributed by atoms with Crippen LogP contribution in [0.5, 0.6) is 0 Å². The summed E-state index contributed by atoms with van der Waals surface area (Å²) in [5.41, 5.74) is 1.83. The number of aromatic nitrogens is 2. The minimum absolute atomic E-state index is 0.0547. The maximum absolute atomic E-state index is 12.0.